The van der Waals surface area contributed by atoms with Crippen molar-refractivity contribution in [1.82, 2.24) is 0 Å². The van der Waals surface area contributed by atoms with Crippen LogP contribution in [0.3, 0.4) is 0 Å². The second kappa shape index (κ2) is 16.2. The summed E-state index contributed by atoms with van der Waals surface area (Å²) in [6.07, 6.45) is 13.8. The fourth-order valence-corrected chi connectivity index (χ4v) is 2.19. The summed E-state index contributed by atoms with van der Waals surface area (Å²) in [5.74, 6) is 5.78. The molecule has 0 saturated heterocycles. The number of hydrogen-bond acceptors (Lipinski definition) is 4. The molecule has 0 aromatic heterocycles. The molecule has 0 aromatic carbocycles. The Kier molecular flexibility index (Phi) is 14.8. The zero-order valence-corrected chi connectivity index (χ0v) is 16.6. The van der Waals surface area contributed by atoms with Crippen LogP contribution in [-0.2, 0) is 19.1 Å². The second-order valence-corrected chi connectivity index (χ2v) is 5.85. The highest BCUT2D eigenvalue weighted by molar-refractivity contribution is 5.82. The van der Waals surface area contributed by atoms with Gasteiger partial charge in [0.2, 0.25) is 0 Å². The maximum absolute atomic E-state index is 11.3. The van der Waals surface area contributed by atoms with E-state index in [4.69, 9.17) is 0 Å². The Morgan fingerprint density at radius 1 is 0.885 bits per heavy atom. The summed E-state index contributed by atoms with van der Waals surface area (Å²) in [6, 6.07) is 0. The van der Waals surface area contributed by atoms with Crippen molar-refractivity contribution in [3.63, 3.8) is 0 Å². The van der Waals surface area contributed by atoms with Crippen molar-refractivity contribution in [1.29, 1.82) is 0 Å². The van der Waals surface area contributed by atoms with Crippen LogP contribution < -0.4 is 0 Å². The number of hydrogen-bond donors (Lipinski definition) is 0. The van der Waals surface area contributed by atoms with E-state index < -0.39 is 0 Å². The van der Waals surface area contributed by atoms with Gasteiger partial charge >= 0.3 is 11.9 Å². The normalized spacial score (nSPS) is 11.8. The minimum absolute atomic E-state index is 0.360. The quantitative estimate of drug-likeness (QED) is 0.227. The van der Waals surface area contributed by atoms with E-state index in [-0.39, 0.29) is 11.9 Å². The van der Waals surface area contributed by atoms with Gasteiger partial charge in [-0.05, 0) is 32.1 Å². The molecule has 0 aliphatic rings. The molecule has 0 bridgehead atoms. The van der Waals surface area contributed by atoms with E-state index in [0.717, 1.165) is 44.1 Å². The van der Waals surface area contributed by atoms with Gasteiger partial charge in [-0.25, -0.2) is 9.59 Å². The molecular formula is C22H32O4. The molecule has 0 rings (SSSR count). The molecule has 0 heterocycles. The van der Waals surface area contributed by atoms with Crippen LogP contribution in [0, 0.1) is 11.8 Å². The van der Waals surface area contributed by atoms with Gasteiger partial charge in [-0.2, -0.15) is 0 Å². The van der Waals surface area contributed by atoms with Crippen molar-refractivity contribution in [2.45, 2.75) is 65.2 Å². The predicted molar refractivity (Wildman–Crippen MR) is 105 cm³/mol. The van der Waals surface area contributed by atoms with E-state index in [1.807, 2.05) is 6.08 Å². The molecule has 0 unspecified atom stereocenters. The lowest BCUT2D eigenvalue weighted by Crippen LogP contribution is -1.96. The van der Waals surface area contributed by atoms with E-state index in [1.54, 1.807) is 6.08 Å². The first kappa shape index (κ1) is 23.7. The topological polar surface area (TPSA) is 52.6 Å². The highest BCUT2D eigenvalue weighted by Gasteiger charge is 2.04. The standard InChI is InChI=1S/C22H32O4/c1-5-7-9-10-14-20(16-12-18-22(24)26-4)19(13-8-6-2)15-11-17-21(23)25-3/h11-12,17-18H,5-9,13,15-16H2,1-4H3/b17-11+,18-12+,20-19+. The molecule has 0 amide bonds. The first-order chi connectivity index (χ1) is 12.6. The van der Waals surface area contributed by atoms with Gasteiger partial charge in [-0.1, -0.05) is 56.3 Å². The third-order valence-corrected chi connectivity index (χ3v) is 3.75. The van der Waals surface area contributed by atoms with E-state index >= 15 is 0 Å². The number of unbranched alkanes of at least 4 members (excludes halogenated alkanes) is 3. The Morgan fingerprint density at radius 3 is 2.00 bits per heavy atom. The first-order valence-corrected chi connectivity index (χ1v) is 9.27. The number of ether oxygens (including phenoxy) is 2. The summed E-state index contributed by atoms with van der Waals surface area (Å²) in [6.45, 7) is 4.29. The monoisotopic (exact) mass is 360 g/mol. The zero-order chi connectivity index (χ0) is 19.6. The van der Waals surface area contributed by atoms with Crippen LogP contribution in [-0.4, -0.2) is 26.2 Å². The average Bonchev–Trinajstić information content (AvgIpc) is 2.66. The molecule has 144 valence electrons. The molecule has 0 aliphatic heterocycles. The number of carbonyl (C=O) groups excluding carboxylic acids is 2. The molecular weight excluding hydrogens is 328 g/mol. The molecule has 0 aliphatic carbocycles. The van der Waals surface area contributed by atoms with E-state index in [0.29, 0.717) is 12.8 Å². The minimum atomic E-state index is -0.371. The summed E-state index contributed by atoms with van der Waals surface area (Å²) in [5, 5.41) is 0. The van der Waals surface area contributed by atoms with Crippen LogP contribution in [0.1, 0.15) is 65.2 Å². The molecule has 4 heteroatoms. The highest BCUT2D eigenvalue weighted by Crippen LogP contribution is 2.20. The number of allylic oxidation sites excluding steroid dienone is 4. The van der Waals surface area contributed by atoms with Gasteiger partial charge in [0.25, 0.3) is 0 Å². The fourth-order valence-electron chi connectivity index (χ4n) is 2.19. The Labute approximate surface area is 158 Å². The lowest BCUT2D eigenvalue weighted by Gasteiger charge is -2.08. The maximum atomic E-state index is 11.3. The molecule has 0 saturated carbocycles. The van der Waals surface area contributed by atoms with Crippen LogP contribution in [0.5, 0.6) is 0 Å². The van der Waals surface area contributed by atoms with E-state index in [9.17, 15) is 9.59 Å². The van der Waals surface area contributed by atoms with Gasteiger partial charge in [-0.3, -0.25) is 0 Å². The Morgan fingerprint density at radius 2 is 1.46 bits per heavy atom. The van der Waals surface area contributed by atoms with Crippen LogP contribution in [0.4, 0.5) is 0 Å². The third-order valence-electron chi connectivity index (χ3n) is 3.75. The van der Waals surface area contributed by atoms with Gasteiger partial charge in [0, 0.05) is 24.1 Å². The molecule has 0 N–H and O–H groups in total. The average molecular weight is 360 g/mol. The molecule has 0 spiro atoms. The molecule has 0 fully saturated rings. The lowest BCUT2D eigenvalue weighted by atomic mass is 9.96. The number of methoxy groups -OCH3 is 2. The van der Waals surface area contributed by atoms with E-state index in [2.05, 4.69) is 35.2 Å². The van der Waals surface area contributed by atoms with Crippen molar-refractivity contribution in [3.8, 4) is 11.8 Å². The van der Waals surface area contributed by atoms with Gasteiger partial charge in [0.1, 0.15) is 0 Å². The van der Waals surface area contributed by atoms with Gasteiger partial charge < -0.3 is 9.47 Å². The van der Waals surface area contributed by atoms with Crippen LogP contribution >= 0.6 is 0 Å². The van der Waals surface area contributed by atoms with Crippen LogP contribution in [0.2, 0.25) is 0 Å². The van der Waals surface area contributed by atoms with Crippen molar-refractivity contribution in [2.75, 3.05) is 14.2 Å². The Hall–Kier alpha value is -2.28. The number of rotatable bonds is 11. The molecule has 26 heavy (non-hydrogen) atoms. The van der Waals surface area contributed by atoms with Crippen molar-refractivity contribution in [2.24, 2.45) is 0 Å². The van der Waals surface area contributed by atoms with Crippen molar-refractivity contribution < 1.29 is 19.1 Å². The largest absolute Gasteiger partial charge is 0.466 e. The fraction of sp³-hybridized carbons (Fsp3) is 0.545. The zero-order valence-electron chi connectivity index (χ0n) is 16.6. The highest BCUT2D eigenvalue weighted by atomic mass is 16.5. The smallest absolute Gasteiger partial charge is 0.330 e. The maximum Gasteiger partial charge on any atom is 0.330 e. The number of esters is 2. The molecule has 0 atom stereocenters. The predicted octanol–water partition coefficient (Wildman–Crippen LogP) is 4.91. The second-order valence-electron chi connectivity index (χ2n) is 5.85. The first-order valence-electron chi connectivity index (χ1n) is 9.27. The SMILES string of the molecule is CCCCC#C/C(C/C=C/C(=O)OC)=C(\C/C=C/C(=O)OC)CCCC. The van der Waals surface area contributed by atoms with Gasteiger partial charge in [0.05, 0.1) is 14.2 Å². The number of carbonyl (C=O) groups is 2. The van der Waals surface area contributed by atoms with Crippen molar-refractivity contribution >= 4 is 11.9 Å². The van der Waals surface area contributed by atoms with Gasteiger partial charge in [0.15, 0.2) is 0 Å². The van der Waals surface area contributed by atoms with Gasteiger partial charge in [-0.15, -0.1) is 0 Å². The van der Waals surface area contributed by atoms with Crippen LogP contribution in [0.15, 0.2) is 35.5 Å². The Balaban J connectivity index is 5.44. The minimum Gasteiger partial charge on any atom is -0.466 e. The summed E-state index contributed by atoms with van der Waals surface area (Å²) in [7, 11) is 2.72. The van der Waals surface area contributed by atoms with Crippen LogP contribution in [0.25, 0.3) is 0 Å². The van der Waals surface area contributed by atoms with E-state index in [1.165, 1.54) is 31.9 Å². The molecule has 0 aromatic rings. The summed E-state index contributed by atoms with van der Waals surface area (Å²) in [5.41, 5.74) is 2.22. The summed E-state index contributed by atoms with van der Waals surface area (Å²) >= 11 is 0. The third kappa shape index (κ3) is 12.1. The molecule has 0 radical (unpaired) electrons. The molecule has 4 nitrogen and oxygen atoms in total. The Bertz CT molecular complexity index is 571. The summed E-state index contributed by atoms with van der Waals surface area (Å²) < 4.78 is 9.27. The van der Waals surface area contributed by atoms with Crippen molar-refractivity contribution in [3.05, 3.63) is 35.5 Å². The summed E-state index contributed by atoms with van der Waals surface area (Å²) in [4.78, 5) is 22.6. The lowest BCUT2D eigenvalue weighted by molar-refractivity contribution is -0.135.